The van der Waals surface area contributed by atoms with Crippen molar-refractivity contribution in [1.29, 1.82) is 0 Å². The quantitative estimate of drug-likeness (QED) is 0.353. The van der Waals surface area contributed by atoms with Crippen molar-refractivity contribution < 1.29 is 41.0 Å². The lowest BCUT2D eigenvalue weighted by molar-refractivity contribution is -0.155. The standard InChI is InChI=1S/C30H31ClF2N4O7S/c1-35(2)27(38)23-17-29(32,33)12-14-36(23)30(20-7-6-13-34-26(20)44-5)21-15-18(31)8-10-22(21)37(28(30)39)45(40,41)25-11-9-19(42-3)16-24(25)43-4/h6-11,13,15-16,23H,12,14,17H2,1-5H3/t23-,30?/m0/s1. The number of anilines is 1. The third-order valence-corrected chi connectivity index (χ3v) is 10.0. The van der Waals surface area contributed by atoms with E-state index in [0.29, 0.717) is 10.1 Å². The number of halogens is 3. The number of likely N-dealkylation sites (tertiary alicyclic amines) is 1. The van der Waals surface area contributed by atoms with E-state index in [1.807, 2.05) is 0 Å². The Morgan fingerprint density at radius 3 is 2.42 bits per heavy atom. The van der Waals surface area contributed by atoms with Gasteiger partial charge in [0.2, 0.25) is 11.8 Å². The van der Waals surface area contributed by atoms with Crippen LogP contribution in [0.4, 0.5) is 14.5 Å². The number of aromatic nitrogens is 1. The van der Waals surface area contributed by atoms with Gasteiger partial charge in [-0.05, 0) is 42.5 Å². The van der Waals surface area contributed by atoms with Crippen molar-refractivity contribution in [2.24, 2.45) is 0 Å². The fourth-order valence-electron chi connectivity index (χ4n) is 6.05. The summed E-state index contributed by atoms with van der Waals surface area (Å²) >= 11 is 6.48. The lowest BCUT2D eigenvalue weighted by Gasteiger charge is -2.48. The maximum absolute atomic E-state index is 15.2. The molecular weight excluding hydrogens is 634 g/mol. The zero-order valence-corrected chi connectivity index (χ0v) is 26.7. The molecule has 1 unspecified atom stereocenters. The molecule has 2 aliphatic rings. The summed E-state index contributed by atoms with van der Waals surface area (Å²) in [6.07, 6.45) is -0.231. The van der Waals surface area contributed by atoms with Crippen molar-refractivity contribution in [2.75, 3.05) is 46.3 Å². The van der Waals surface area contributed by atoms with Crippen molar-refractivity contribution in [3.63, 3.8) is 0 Å². The second-order valence-corrected chi connectivity index (χ2v) is 13.0. The Morgan fingerprint density at radius 2 is 1.78 bits per heavy atom. The molecule has 3 aromatic rings. The number of fused-ring (bicyclic) bond motifs is 1. The van der Waals surface area contributed by atoms with Gasteiger partial charge in [-0.25, -0.2) is 26.5 Å². The molecule has 0 bridgehead atoms. The summed E-state index contributed by atoms with van der Waals surface area (Å²) < 4.78 is 75.9. The Kier molecular flexibility index (Phi) is 8.44. The maximum Gasteiger partial charge on any atom is 0.274 e. The molecule has 2 amide bonds. The number of ether oxygens (including phenoxy) is 3. The molecular formula is C30H31ClF2N4O7S. The predicted octanol–water partition coefficient (Wildman–Crippen LogP) is 3.93. The number of rotatable bonds is 8. The van der Waals surface area contributed by atoms with Gasteiger partial charge in [-0.3, -0.25) is 14.5 Å². The minimum Gasteiger partial charge on any atom is -0.497 e. The number of amides is 2. The van der Waals surface area contributed by atoms with Crippen LogP contribution in [0.3, 0.4) is 0 Å². The second kappa shape index (κ2) is 11.7. The first-order valence-electron chi connectivity index (χ1n) is 13.7. The highest BCUT2D eigenvalue weighted by Crippen LogP contribution is 2.55. The average molecular weight is 665 g/mol. The fraction of sp³-hybridized carbons (Fsp3) is 0.367. The molecule has 0 N–H and O–H groups in total. The van der Waals surface area contributed by atoms with E-state index in [0.717, 1.165) is 4.90 Å². The third kappa shape index (κ3) is 5.14. The van der Waals surface area contributed by atoms with E-state index in [2.05, 4.69) is 4.98 Å². The zero-order valence-electron chi connectivity index (χ0n) is 25.1. The largest absolute Gasteiger partial charge is 0.497 e. The molecule has 15 heteroatoms. The number of sulfonamides is 1. The molecule has 2 atom stereocenters. The van der Waals surface area contributed by atoms with Crippen molar-refractivity contribution in [2.45, 2.75) is 35.2 Å². The minimum absolute atomic E-state index is 0.0437. The lowest BCUT2D eigenvalue weighted by atomic mass is 9.79. The van der Waals surface area contributed by atoms with Gasteiger partial charge in [0.25, 0.3) is 21.9 Å². The molecule has 0 aliphatic carbocycles. The molecule has 11 nitrogen and oxygen atoms in total. The SMILES string of the molecule is COc1ccc(S(=O)(=O)N2C(=O)C(c3cccnc3OC)(N3CCC(F)(F)C[C@H]3C(=O)N(C)C)c3cc(Cl)ccc32)c(OC)c1. The van der Waals surface area contributed by atoms with Crippen LogP contribution in [0.1, 0.15) is 24.0 Å². The summed E-state index contributed by atoms with van der Waals surface area (Å²) in [6, 6.07) is 9.58. The number of nitrogens with zero attached hydrogens (tertiary/aromatic N) is 4. The first-order valence-corrected chi connectivity index (χ1v) is 15.5. The van der Waals surface area contributed by atoms with Crippen molar-refractivity contribution in [3.05, 3.63) is 70.9 Å². The number of carbonyl (C=O) groups is 2. The minimum atomic E-state index is -4.77. The van der Waals surface area contributed by atoms with Crippen LogP contribution in [-0.2, 0) is 25.2 Å². The Morgan fingerprint density at radius 1 is 1.04 bits per heavy atom. The van der Waals surface area contributed by atoms with E-state index in [4.69, 9.17) is 25.8 Å². The second-order valence-electron chi connectivity index (χ2n) is 10.8. The first-order chi connectivity index (χ1) is 21.2. The number of alkyl halides is 2. The van der Waals surface area contributed by atoms with Crippen LogP contribution in [0.25, 0.3) is 0 Å². The molecule has 1 saturated heterocycles. The number of piperidine rings is 1. The molecule has 0 radical (unpaired) electrons. The molecule has 0 spiro atoms. The summed E-state index contributed by atoms with van der Waals surface area (Å²) in [5, 5.41) is 0.132. The fourth-order valence-corrected chi connectivity index (χ4v) is 7.82. The smallest absolute Gasteiger partial charge is 0.274 e. The van der Waals surface area contributed by atoms with Gasteiger partial charge in [0, 0.05) is 61.9 Å². The summed E-state index contributed by atoms with van der Waals surface area (Å²) in [5.74, 6) is -4.89. The van der Waals surface area contributed by atoms with Gasteiger partial charge in [-0.1, -0.05) is 11.6 Å². The molecule has 1 aromatic heterocycles. The van der Waals surface area contributed by atoms with E-state index in [1.54, 1.807) is 0 Å². The van der Waals surface area contributed by atoms with Crippen molar-refractivity contribution >= 4 is 39.1 Å². The Balaban J connectivity index is 1.87. The average Bonchev–Trinajstić information content (AvgIpc) is 3.27. The highest BCUT2D eigenvalue weighted by Gasteiger charge is 2.64. The predicted molar refractivity (Wildman–Crippen MR) is 161 cm³/mol. The van der Waals surface area contributed by atoms with Crippen molar-refractivity contribution in [3.8, 4) is 17.4 Å². The van der Waals surface area contributed by atoms with Crippen LogP contribution in [0.2, 0.25) is 5.02 Å². The summed E-state index contributed by atoms with van der Waals surface area (Å²) in [5.41, 5.74) is -2.20. The number of methoxy groups -OCH3 is 3. The molecule has 240 valence electrons. The normalized spacial score (nSPS) is 21.3. The number of pyridine rings is 1. The van der Waals surface area contributed by atoms with Gasteiger partial charge in [0.1, 0.15) is 16.4 Å². The molecule has 0 saturated carbocycles. The number of benzene rings is 2. The molecule has 2 aliphatic heterocycles. The monoisotopic (exact) mass is 664 g/mol. The number of hydrogen-bond acceptors (Lipinski definition) is 9. The van der Waals surface area contributed by atoms with Crippen molar-refractivity contribution in [1.82, 2.24) is 14.8 Å². The number of carbonyl (C=O) groups excluding carboxylic acids is 2. The van der Waals surface area contributed by atoms with Crippen LogP contribution < -0.4 is 18.5 Å². The van der Waals surface area contributed by atoms with Gasteiger partial charge in [0.05, 0.1) is 33.1 Å². The molecule has 45 heavy (non-hydrogen) atoms. The van der Waals surface area contributed by atoms with E-state index < -0.39 is 58.7 Å². The van der Waals surface area contributed by atoms with Gasteiger partial charge in [-0.2, -0.15) is 0 Å². The van der Waals surface area contributed by atoms with Crippen LogP contribution in [0, 0.1) is 0 Å². The summed E-state index contributed by atoms with van der Waals surface area (Å²) in [7, 11) is 2.04. The van der Waals surface area contributed by atoms with Crippen LogP contribution in [0.5, 0.6) is 17.4 Å². The number of likely N-dealkylation sites (N-methyl/N-ethyl adjacent to an activating group) is 1. The van der Waals surface area contributed by atoms with Gasteiger partial charge >= 0.3 is 0 Å². The molecule has 1 fully saturated rings. The maximum atomic E-state index is 15.2. The zero-order chi connectivity index (χ0) is 32.9. The van der Waals surface area contributed by atoms with E-state index in [-0.39, 0.29) is 38.4 Å². The Hall–Kier alpha value is -4.01. The Labute approximate surface area is 264 Å². The molecule has 5 rings (SSSR count). The van der Waals surface area contributed by atoms with Crippen LogP contribution in [0.15, 0.2) is 59.6 Å². The Bertz CT molecular complexity index is 1770. The van der Waals surface area contributed by atoms with Crippen LogP contribution in [-0.4, -0.2) is 88.9 Å². The summed E-state index contributed by atoms with van der Waals surface area (Å²) in [6.45, 7) is -0.466. The van der Waals surface area contributed by atoms with Crippen LogP contribution >= 0.6 is 11.6 Å². The topological polar surface area (TPSA) is 119 Å². The van der Waals surface area contributed by atoms with E-state index >= 15 is 13.6 Å². The van der Waals surface area contributed by atoms with E-state index in [1.165, 1.54) is 95.1 Å². The highest BCUT2D eigenvalue weighted by atomic mass is 35.5. The first kappa shape index (κ1) is 32.4. The lowest BCUT2D eigenvalue weighted by Crippen LogP contribution is -2.64. The van der Waals surface area contributed by atoms with Gasteiger partial charge < -0.3 is 19.1 Å². The van der Waals surface area contributed by atoms with Gasteiger partial charge in [0.15, 0.2) is 5.54 Å². The number of hydrogen-bond donors (Lipinski definition) is 0. The highest BCUT2D eigenvalue weighted by molar-refractivity contribution is 7.93. The summed E-state index contributed by atoms with van der Waals surface area (Å²) in [4.78, 5) is 35.2. The molecule has 3 heterocycles. The van der Waals surface area contributed by atoms with Gasteiger partial charge in [-0.15, -0.1) is 0 Å². The third-order valence-electron chi connectivity index (χ3n) is 8.05. The van der Waals surface area contributed by atoms with E-state index in [9.17, 15) is 13.2 Å². The molecule has 2 aromatic carbocycles.